The summed E-state index contributed by atoms with van der Waals surface area (Å²) in [6, 6.07) is 3.53. The first-order valence-corrected chi connectivity index (χ1v) is 13.9. The van der Waals surface area contributed by atoms with Crippen LogP contribution in [0.3, 0.4) is 0 Å². The van der Waals surface area contributed by atoms with Crippen molar-refractivity contribution in [1.29, 1.82) is 0 Å². The number of hydrogen-bond acceptors (Lipinski definition) is 5. The van der Waals surface area contributed by atoms with Crippen LogP contribution in [0.2, 0.25) is 5.02 Å². The molecule has 0 bridgehead atoms. The second kappa shape index (κ2) is 11.5. The highest BCUT2D eigenvalue weighted by Crippen LogP contribution is 2.32. The number of aromatic amines is 1. The summed E-state index contributed by atoms with van der Waals surface area (Å²) in [6.07, 6.45) is 18.5. The third kappa shape index (κ3) is 5.57. The number of anilines is 1. The van der Waals surface area contributed by atoms with Gasteiger partial charge >= 0.3 is 0 Å². The second-order valence-electron chi connectivity index (χ2n) is 10.0. The van der Waals surface area contributed by atoms with Gasteiger partial charge in [0.05, 0.1) is 5.02 Å². The fourth-order valence-corrected chi connectivity index (χ4v) is 6.27. The molecule has 6 nitrogen and oxygen atoms in total. The van der Waals surface area contributed by atoms with Crippen LogP contribution in [0.15, 0.2) is 59.6 Å². The maximum absolute atomic E-state index is 6.70. The molecule has 2 saturated heterocycles. The van der Waals surface area contributed by atoms with Gasteiger partial charge in [-0.2, -0.15) is 0 Å². The largest absolute Gasteiger partial charge is 0.353 e. The molecule has 1 N–H and O–H groups in total. The number of allylic oxidation sites excluding steroid dienone is 4. The Hall–Kier alpha value is -2.12. The molecule has 0 aromatic carbocycles. The number of imidazole rings is 1. The molecule has 2 aliphatic heterocycles. The van der Waals surface area contributed by atoms with Gasteiger partial charge in [-0.25, -0.2) is 9.97 Å². The van der Waals surface area contributed by atoms with Gasteiger partial charge in [0.15, 0.2) is 0 Å². The van der Waals surface area contributed by atoms with E-state index in [4.69, 9.17) is 28.2 Å². The fourth-order valence-electron chi connectivity index (χ4n) is 5.83. The van der Waals surface area contributed by atoms with Crippen molar-refractivity contribution in [3.63, 3.8) is 0 Å². The van der Waals surface area contributed by atoms with E-state index in [-0.39, 0.29) is 0 Å². The van der Waals surface area contributed by atoms with Crippen molar-refractivity contribution in [2.75, 3.05) is 37.6 Å². The number of aromatic nitrogens is 3. The molecular formula is C28H36Cl2N6. The van der Waals surface area contributed by atoms with Gasteiger partial charge in [0.2, 0.25) is 0 Å². The van der Waals surface area contributed by atoms with Crippen molar-refractivity contribution in [1.82, 2.24) is 24.8 Å². The summed E-state index contributed by atoms with van der Waals surface area (Å²) in [5.41, 5.74) is 2.27. The highest BCUT2D eigenvalue weighted by atomic mass is 35.5. The number of piperazine rings is 1. The molecule has 5 rings (SSSR count). The predicted molar refractivity (Wildman–Crippen MR) is 150 cm³/mol. The van der Waals surface area contributed by atoms with Crippen LogP contribution in [0.4, 0.5) is 5.82 Å². The van der Waals surface area contributed by atoms with Crippen molar-refractivity contribution >= 4 is 29.0 Å². The lowest BCUT2D eigenvalue weighted by Crippen LogP contribution is -2.59. The number of H-pyrrole nitrogens is 1. The fraction of sp³-hybridized carbons (Fsp3) is 0.500. The van der Waals surface area contributed by atoms with E-state index in [1.807, 2.05) is 18.5 Å². The average Bonchev–Trinajstić information content (AvgIpc) is 3.36. The minimum Gasteiger partial charge on any atom is -0.353 e. The summed E-state index contributed by atoms with van der Waals surface area (Å²) >= 11 is 12.9. The van der Waals surface area contributed by atoms with Crippen molar-refractivity contribution in [2.24, 2.45) is 0 Å². The van der Waals surface area contributed by atoms with Gasteiger partial charge in [0, 0.05) is 86.5 Å². The number of likely N-dealkylation sites (tertiary alicyclic amines) is 1. The molecule has 2 fully saturated rings. The van der Waals surface area contributed by atoms with Gasteiger partial charge in [0.1, 0.15) is 11.6 Å². The van der Waals surface area contributed by atoms with Crippen molar-refractivity contribution in [2.45, 2.75) is 57.7 Å². The van der Waals surface area contributed by atoms with Crippen LogP contribution in [0.1, 0.15) is 39.5 Å². The lowest BCUT2D eigenvalue weighted by atomic mass is 9.96. The van der Waals surface area contributed by atoms with Gasteiger partial charge in [-0.05, 0) is 43.9 Å². The summed E-state index contributed by atoms with van der Waals surface area (Å²) in [5, 5.41) is 1.59. The Morgan fingerprint density at radius 1 is 1.11 bits per heavy atom. The summed E-state index contributed by atoms with van der Waals surface area (Å²) in [7, 11) is 0. The van der Waals surface area contributed by atoms with Crippen molar-refractivity contribution in [3.05, 3.63) is 64.6 Å². The molecule has 0 spiro atoms. The number of halogens is 2. The standard InChI is InChI=1S/C28H36Cl2N6/c1-3-24-19-35(28-26(30)17-22(18-33-28)27-31-11-12-32-27)15-16-36(24)25-9-13-34(14-10-25)20(2)21-5-4-6-23(29)8-7-21/h4-5,7-8,11-12,17-18,20,24-25H,3,6,9-10,13-16,19H2,1-2H3,(H,31,32). The Kier molecular flexibility index (Phi) is 8.16. The molecule has 2 unspecified atom stereocenters. The minimum atomic E-state index is 0.414. The Morgan fingerprint density at radius 3 is 2.67 bits per heavy atom. The third-order valence-corrected chi connectivity index (χ3v) is 8.53. The van der Waals surface area contributed by atoms with E-state index in [9.17, 15) is 0 Å². The van der Waals surface area contributed by atoms with E-state index >= 15 is 0 Å². The van der Waals surface area contributed by atoms with Crippen molar-refractivity contribution < 1.29 is 0 Å². The molecule has 3 aliphatic rings. The Labute approximate surface area is 224 Å². The van der Waals surface area contributed by atoms with Crippen LogP contribution in [0.5, 0.6) is 0 Å². The molecule has 2 atom stereocenters. The highest BCUT2D eigenvalue weighted by molar-refractivity contribution is 6.33. The second-order valence-corrected chi connectivity index (χ2v) is 10.9. The zero-order valence-electron chi connectivity index (χ0n) is 21.2. The first kappa shape index (κ1) is 25.5. The lowest BCUT2D eigenvalue weighted by molar-refractivity contribution is 0.0566. The molecule has 36 heavy (non-hydrogen) atoms. The smallest absolute Gasteiger partial charge is 0.147 e. The van der Waals surface area contributed by atoms with Gasteiger partial charge in [-0.15, -0.1) is 0 Å². The number of nitrogens with zero attached hydrogens (tertiary/aromatic N) is 5. The maximum Gasteiger partial charge on any atom is 0.147 e. The van der Waals surface area contributed by atoms with E-state index in [1.54, 1.807) is 6.20 Å². The van der Waals surface area contributed by atoms with Gasteiger partial charge in [0.25, 0.3) is 0 Å². The zero-order valence-corrected chi connectivity index (χ0v) is 22.7. The number of piperidine rings is 1. The predicted octanol–water partition coefficient (Wildman–Crippen LogP) is 5.89. The molecule has 1 aliphatic carbocycles. The number of nitrogens with one attached hydrogen (secondary N) is 1. The molecular weight excluding hydrogens is 491 g/mol. The van der Waals surface area contributed by atoms with Crippen LogP contribution < -0.4 is 4.90 Å². The molecule has 2 aromatic rings. The maximum atomic E-state index is 6.70. The molecule has 0 saturated carbocycles. The van der Waals surface area contributed by atoms with E-state index in [1.165, 1.54) is 18.4 Å². The van der Waals surface area contributed by atoms with E-state index < -0.39 is 0 Å². The number of pyridine rings is 1. The van der Waals surface area contributed by atoms with Crippen LogP contribution in [0.25, 0.3) is 11.4 Å². The lowest BCUT2D eigenvalue weighted by Gasteiger charge is -2.48. The summed E-state index contributed by atoms with van der Waals surface area (Å²) in [6.45, 7) is 9.85. The van der Waals surface area contributed by atoms with E-state index in [2.05, 4.69) is 62.8 Å². The quantitative estimate of drug-likeness (QED) is 0.508. The van der Waals surface area contributed by atoms with E-state index in [0.717, 1.165) is 67.8 Å². The molecule has 2 aromatic heterocycles. The zero-order chi connectivity index (χ0) is 25.1. The Bertz CT molecular complexity index is 1120. The first-order valence-electron chi connectivity index (χ1n) is 13.2. The topological polar surface area (TPSA) is 51.3 Å². The first-order chi connectivity index (χ1) is 17.5. The summed E-state index contributed by atoms with van der Waals surface area (Å²) in [4.78, 5) is 19.9. The molecule has 4 heterocycles. The number of rotatable bonds is 6. The Morgan fingerprint density at radius 2 is 1.94 bits per heavy atom. The SMILES string of the molecule is CCC1CN(c2ncc(-c3ncc[nH]3)cc2Cl)CCN1C1CCN(C(C)C2=CC=C(Cl)CC=C2)CC1. The molecule has 192 valence electrons. The highest BCUT2D eigenvalue weighted by Gasteiger charge is 2.34. The minimum absolute atomic E-state index is 0.414. The van der Waals surface area contributed by atoms with Crippen molar-refractivity contribution in [3.8, 4) is 11.4 Å². The molecule has 0 amide bonds. The third-order valence-electron chi connectivity index (χ3n) is 7.97. The molecule has 8 heteroatoms. The normalized spacial score (nSPS) is 23.3. The van der Waals surface area contributed by atoms with Gasteiger partial charge in [-0.1, -0.05) is 48.4 Å². The van der Waals surface area contributed by atoms with Gasteiger partial charge < -0.3 is 9.88 Å². The summed E-state index contributed by atoms with van der Waals surface area (Å²) < 4.78 is 0. The average molecular weight is 528 g/mol. The van der Waals surface area contributed by atoms with Gasteiger partial charge in [-0.3, -0.25) is 9.80 Å². The summed E-state index contributed by atoms with van der Waals surface area (Å²) in [5.74, 6) is 1.67. The Balaban J connectivity index is 1.19. The molecule has 0 radical (unpaired) electrons. The van der Waals surface area contributed by atoms with Crippen LogP contribution in [0, 0.1) is 0 Å². The van der Waals surface area contributed by atoms with Crippen LogP contribution in [-0.4, -0.2) is 75.6 Å². The monoisotopic (exact) mass is 526 g/mol. The van der Waals surface area contributed by atoms with Crippen LogP contribution >= 0.6 is 23.2 Å². The van der Waals surface area contributed by atoms with Crippen LogP contribution in [-0.2, 0) is 0 Å². The van der Waals surface area contributed by atoms with E-state index in [0.29, 0.717) is 23.1 Å². The number of hydrogen-bond donors (Lipinski definition) is 1.